The molecule has 0 radical (unpaired) electrons. The van der Waals surface area contributed by atoms with E-state index < -0.39 is 52.6 Å². The van der Waals surface area contributed by atoms with Crippen LogP contribution in [0.25, 0.3) is 0 Å². The minimum atomic E-state index is -1.26. The monoisotopic (exact) mass is 657 g/mol. The minimum Gasteiger partial charge on any atom is -0.508 e. The molecular formula is C33H47N5O7S. The average Bonchev–Trinajstić information content (AvgIpc) is 3.02. The quantitative estimate of drug-likeness (QED) is 0.0765. The van der Waals surface area contributed by atoms with Crippen LogP contribution in [0, 0.1) is 0 Å². The molecule has 2 aromatic carbocycles. The van der Waals surface area contributed by atoms with Gasteiger partial charge in [-0.1, -0.05) is 55.8 Å². The van der Waals surface area contributed by atoms with Crippen molar-refractivity contribution in [2.75, 3.05) is 32.2 Å². The summed E-state index contributed by atoms with van der Waals surface area (Å²) in [5.74, 6) is -1.68. The molecule has 0 heterocycles. The number of aliphatic imine (C=N–C) groups is 1. The second kappa shape index (κ2) is 20.0. The number of amidine groups is 1. The van der Waals surface area contributed by atoms with Crippen LogP contribution in [0.4, 0.5) is 0 Å². The number of nitrogens with zero attached hydrogens (tertiary/aromatic N) is 2. The van der Waals surface area contributed by atoms with Crippen LogP contribution in [0.3, 0.4) is 0 Å². The molecule has 0 aliphatic rings. The first-order valence-electron chi connectivity index (χ1n) is 15.3. The highest BCUT2D eigenvalue weighted by Gasteiger charge is 2.31. The van der Waals surface area contributed by atoms with E-state index in [0.717, 1.165) is 18.4 Å². The van der Waals surface area contributed by atoms with E-state index in [-0.39, 0.29) is 49.6 Å². The first-order chi connectivity index (χ1) is 21.9. The van der Waals surface area contributed by atoms with Gasteiger partial charge in [0.15, 0.2) is 0 Å². The summed E-state index contributed by atoms with van der Waals surface area (Å²) in [7, 11) is 0.284. The highest BCUT2D eigenvalue weighted by molar-refractivity contribution is 7.84. The Labute approximate surface area is 273 Å². The van der Waals surface area contributed by atoms with Crippen molar-refractivity contribution in [1.29, 1.82) is 0 Å². The largest absolute Gasteiger partial charge is 0.508 e. The van der Waals surface area contributed by atoms with Gasteiger partial charge in [-0.05, 0) is 43.0 Å². The summed E-state index contributed by atoms with van der Waals surface area (Å²) >= 11 is 0. The van der Waals surface area contributed by atoms with Crippen LogP contribution >= 0.6 is 0 Å². The van der Waals surface area contributed by atoms with Gasteiger partial charge in [-0.25, -0.2) is 0 Å². The lowest BCUT2D eigenvalue weighted by Crippen LogP contribution is -2.56. The molecule has 0 spiro atoms. The number of phenolic OH excluding ortho intramolecular Hbond substituents is 1. The topological polar surface area (TPSA) is 180 Å². The van der Waals surface area contributed by atoms with Gasteiger partial charge in [0.25, 0.3) is 0 Å². The Morgan fingerprint density at radius 1 is 0.978 bits per heavy atom. The molecular weight excluding hydrogens is 610 g/mol. The van der Waals surface area contributed by atoms with Crippen molar-refractivity contribution in [3.63, 3.8) is 0 Å². The first-order valence-corrected chi connectivity index (χ1v) is 17.0. The number of likely N-dealkylation sites (N-methyl/N-ethyl adjacent to an activating group) is 1. The number of esters is 1. The molecule has 252 valence electrons. The van der Waals surface area contributed by atoms with Gasteiger partial charge in [0, 0.05) is 49.2 Å². The Balaban J connectivity index is 2.25. The normalized spacial score (nSPS) is 14.0. The number of nitrogens with two attached hydrogens (primary N) is 1. The number of nitrogens with one attached hydrogen (secondary N) is 2. The number of phenols is 1. The summed E-state index contributed by atoms with van der Waals surface area (Å²) in [5, 5.41) is 15.1. The molecule has 0 aliphatic heterocycles. The molecule has 2 rings (SSSR count). The molecule has 0 bridgehead atoms. The second-order valence-corrected chi connectivity index (χ2v) is 12.7. The Bertz CT molecular complexity index is 1330. The van der Waals surface area contributed by atoms with Gasteiger partial charge in [0.1, 0.15) is 23.9 Å². The van der Waals surface area contributed by atoms with E-state index >= 15 is 0 Å². The third-order valence-corrected chi connectivity index (χ3v) is 7.85. The number of amides is 3. The van der Waals surface area contributed by atoms with Crippen molar-refractivity contribution in [3.8, 4) is 5.75 Å². The maximum atomic E-state index is 13.7. The zero-order valence-electron chi connectivity index (χ0n) is 27.1. The molecule has 2 aromatic rings. The summed E-state index contributed by atoms with van der Waals surface area (Å²) in [4.78, 5) is 58.5. The van der Waals surface area contributed by atoms with Gasteiger partial charge < -0.3 is 31.1 Å². The number of ether oxygens (including phenoxy) is 1. The van der Waals surface area contributed by atoms with Crippen molar-refractivity contribution in [3.05, 3.63) is 65.7 Å². The summed E-state index contributed by atoms with van der Waals surface area (Å²) in [6.45, 7) is 3.95. The Morgan fingerprint density at radius 3 is 2.22 bits per heavy atom. The van der Waals surface area contributed by atoms with Gasteiger partial charge in [-0.15, -0.1) is 0 Å². The molecule has 1 unspecified atom stereocenters. The number of carbonyl (C=O) groups is 4. The Hall–Kier alpha value is -4.26. The fourth-order valence-electron chi connectivity index (χ4n) is 4.48. The van der Waals surface area contributed by atoms with E-state index in [1.54, 1.807) is 26.1 Å². The Kier molecular flexibility index (Phi) is 16.5. The number of carbonyl (C=O) groups excluding carboxylic acids is 4. The van der Waals surface area contributed by atoms with Crippen molar-refractivity contribution in [2.45, 2.75) is 70.5 Å². The van der Waals surface area contributed by atoms with Gasteiger partial charge >= 0.3 is 5.97 Å². The van der Waals surface area contributed by atoms with Gasteiger partial charge in [0.2, 0.25) is 17.7 Å². The fourth-order valence-corrected chi connectivity index (χ4v) is 5.05. The molecule has 4 atom stereocenters. The number of hydrogen-bond acceptors (Lipinski definition) is 8. The van der Waals surface area contributed by atoms with Gasteiger partial charge in [-0.2, -0.15) is 0 Å². The van der Waals surface area contributed by atoms with Crippen molar-refractivity contribution in [1.82, 2.24) is 15.5 Å². The van der Waals surface area contributed by atoms with E-state index in [1.807, 2.05) is 37.3 Å². The van der Waals surface area contributed by atoms with E-state index in [2.05, 4.69) is 15.6 Å². The summed E-state index contributed by atoms with van der Waals surface area (Å²) < 4.78 is 17.2. The van der Waals surface area contributed by atoms with Gasteiger partial charge in [0.05, 0.1) is 18.9 Å². The minimum absolute atomic E-state index is 0.00243. The molecule has 0 saturated heterocycles. The number of unbranched alkanes of at least 4 members (excludes halogenated alkanes) is 1. The van der Waals surface area contributed by atoms with E-state index in [0.29, 0.717) is 12.2 Å². The second-order valence-electron chi connectivity index (χ2n) is 11.1. The van der Waals surface area contributed by atoms with Crippen LogP contribution in [-0.2, 0) is 47.6 Å². The lowest BCUT2D eigenvalue weighted by Gasteiger charge is -2.27. The highest BCUT2D eigenvalue weighted by atomic mass is 32.2. The number of aromatic hydroxyl groups is 1. The average molecular weight is 658 g/mol. The van der Waals surface area contributed by atoms with E-state index in [1.165, 1.54) is 23.3 Å². The van der Waals surface area contributed by atoms with E-state index in [4.69, 9.17) is 10.5 Å². The summed E-state index contributed by atoms with van der Waals surface area (Å²) in [5.41, 5.74) is 7.32. The molecule has 0 aliphatic carbocycles. The smallest absolute Gasteiger partial charge is 0.307 e. The molecule has 0 fully saturated rings. The third kappa shape index (κ3) is 14.2. The molecule has 3 amide bonds. The summed E-state index contributed by atoms with van der Waals surface area (Å²) in [6, 6.07) is 12.3. The third-order valence-electron chi connectivity index (χ3n) is 7.04. The van der Waals surface area contributed by atoms with Crippen LogP contribution in [0.1, 0.15) is 50.7 Å². The highest BCUT2D eigenvalue weighted by Crippen LogP contribution is 2.14. The maximum Gasteiger partial charge on any atom is 0.307 e. The maximum absolute atomic E-state index is 13.7. The standard InChI is InChI=1S/C33H47N5O7S/c1-5-6-19-45-30(40)16-18-38(3)33(43)29(22-24-10-8-7-9-11-24)37-31(41)27(17-20-46(4)44)36-32(42)28(35-23(2)34)21-25-12-14-26(39)15-13-25/h7-15,27-29,39H,5-6,16-22H2,1-4H3,(H2,34,35)(H,36,42)(H,37,41)/t27-,28+,29+,46?/m1/s1. The van der Waals surface area contributed by atoms with E-state index in [9.17, 15) is 28.5 Å². The van der Waals surface area contributed by atoms with Gasteiger partial charge in [-0.3, -0.25) is 28.4 Å². The van der Waals surface area contributed by atoms with Crippen LogP contribution in [0.2, 0.25) is 0 Å². The Morgan fingerprint density at radius 2 is 1.61 bits per heavy atom. The number of benzene rings is 2. The molecule has 13 heteroatoms. The fraction of sp³-hybridized carbons (Fsp3) is 0.485. The molecule has 46 heavy (non-hydrogen) atoms. The first kappa shape index (κ1) is 37.9. The number of rotatable bonds is 19. The van der Waals surface area contributed by atoms with Crippen molar-refractivity contribution in [2.24, 2.45) is 10.7 Å². The molecule has 5 N–H and O–H groups in total. The molecule has 0 aromatic heterocycles. The zero-order chi connectivity index (χ0) is 34.1. The van der Waals surface area contributed by atoms with Crippen LogP contribution in [0.15, 0.2) is 59.6 Å². The zero-order valence-corrected chi connectivity index (χ0v) is 27.9. The lowest BCUT2D eigenvalue weighted by molar-refractivity contribution is -0.145. The summed E-state index contributed by atoms with van der Waals surface area (Å²) in [6.07, 6.45) is 3.50. The van der Waals surface area contributed by atoms with Crippen LogP contribution < -0.4 is 16.4 Å². The van der Waals surface area contributed by atoms with Crippen LogP contribution in [0.5, 0.6) is 5.75 Å². The van der Waals surface area contributed by atoms with Crippen LogP contribution in [-0.4, -0.2) is 94.1 Å². The predicted octanol–water partition coefficient (Wildman–Crippen LogP) is 1.85. The molecule has 0 saturated carbocycles. The predicted molar refractivity (Wildman–Crippen MR) is 179 cm³/mol. The number of hydrogen-bond donors (Lipinski definition) is 4. The van der Waals surface area contributed by atoms with Crippen molar-refractivity contribution >= 4 is 40.3 Å². The lowest BCUT2D eigenvalue weighted by atomic mass is 10.0. The van der Waals surface area contributed by atoms with Crippen molar-refractivity contribution < 1.29 is 33.2 Å². The SMILES string of the molecule is CCCCOC(=O)CCN(C)C(=O)[C@H](Cc1ccccc1)NC(=O)[C@@H](CCS(C)=O)NC(=O)[C@H](Cc1ccc(O)cc1)N=C(C)N. The molecule has 12 nitrogen and oxygen atoms in total.